The molecule has 4 fully saturated rings. The molecule has 5 aliphatic heterocycles. The average Bonchev–Trinajstić information content (AvgIpc) is 3.52. The number of aliphatic hydroxyl groups excluding tert-OH is 1. The summed E-state index contributed by atoms with van der Waals surface area (Å²) in [5.74, 6) is -3.31. The van der Waals surface area contributed by atoms with E-state index in [2.05, 4.69) is 11.4 Å². The number of aliphatic carboxylic acids is 1. The summed E-state index contributed by atoms with van der Waals surface area (Å²) >= 11 is 0. The second-order valence-corrected chi connectivity index (χ2v) is 15.1. The number of rotatable bonds is 9. The molecule has 5 N–H and O–H groups in total. The van der Waals surface area contributed by atoms with Crippen LogP contribution in [0.4, 0.5) is 5.69 Å². The first-order valence-electron chi connectivity index (χ1n) is 17.5. The predicted molar refractivity (Wildman–Crippen MR) is 187 cm³/mol. The molecule has 4 atom stereocenters. The van der Waals surface area contributed by atoms with Crippen LogP contribution in [0.15, 0.2) is 66.4 Å². The minimum atomic E-state index is -1.19. The number of carboxylic acids is 1. The third kappa shape index (κ3) is 5.11. The van der Waals surface area contributed by atoms with Gasteiger partial charge in [-0.25, -0.2) is 4.79 Å². The van der Waals surface area contributed by atoms with E-state index in [4.69, 9.17) is 5.73 Å². The molecule has 262 valence electrons. The van der Waals surface area contributed by atoms with Gasteiger partial charge in [-0.1, -0.05) is 37.3 Å². The van der Waals surface area contributed by atoms with Crippen molar-refractivity contribution in [2.24, 2.45) is 17.6 Å². The molecule has 2 bridgehead atoms. The summed E-state index contributed by atoms with van der Waals surface area (Å²) < 4.78 is 1.60. The standard InChI is InChI=1S/C39H39N5O7/c1-21-32(35(39(50)51)42-34(21)33(22(2)45)38(42)49)24-8-10-26-28(18-24)25-9-7-23(17-29(25)36(26)47)19-43-11-14-44(15-12-43,16-13-43)20-31(46)41-30-6-4-3-5-27(30)37(40)48/h3-10,17-18,21-22,33-34,45H,11-16,19-20H2,1-2H3,(H2-2,40,41,46,48,50,51)/p+2/t21-,22+,33+,34+,43?,44?/m0/s1. The Labute approximate surface area is 294 Å². The number of carbonyl (C=O) groups is 5. The Balaban J connectivity index is 0.985. The van der Waals surface area contributed by atoms with Crippen LogP contribution in [0.25, 0.3) is 16.7 Å². The van der Waals surface area contributed by atoms with Crippen molar-refractivity contribution in [3.8, 4) is 11.1 Å². The van der Waals surface area contributed by atoms with Gasteiger partial charge >= 0.3 is 5.97 Å². The lowest BCUT2D eigenvalue weighted by atomic mass is 9.76. The lowest BCUT2D eigenvalue weighted by molar-refractivity contribution is -1.08. The molecule has 3 aromatic rings. The maximum absolute atomic E-state index is 13.7. The number of carbonyl (C=O) groups excluding carboxylic acids is 4. The van der Waals surface area contributed by atoms with Crippen molar-refractivity contribution in [2.45, 2.75) is 32.5 Å². The molecule has 9 rings (SSSR count). The third-order valence-electron chi connectivity index (χ3n) is 12.2. The van der Waals surface area contributed by atoms with Gasteiger partial charge in [0.15, 0.2) is 12.3 Å². The van der Waals surface area contributed by atoms with E-state index < -0.39 is 29.9 Å². The van der Waals surface area contributed by atoms with Gasteiger partial charge in [0.2, 0.25) is 5.91 Å². The highest BCUT2D eigenvalue weighted by molar-refractivity contribution is 6.22. The Hall–Kier alpha value is -5.17. The van der Waals surface area contributed by atoms with Gasteiger partial charge in [0.1, 0.15) is 51.5 Å². The second kappa shape index (κ2) is 11.7. The summed E-state index contributed by atoms with van der Waals surface area (Å²) in [4.78, 5) is 65.3. The smallest absolute Gasteiger partial charge is 0.352 e. The summed E-state index contributed by atoms with van der Waals surface area (Å²) in [7, 11) is 0. The number of β-lactam (4-membered cyclic amide) rings is 1. The molecule has 3 aromatic carbocycles. The highest BCUT2D eigenvalue weighted by Crippen LogP contribution is 2.51. The van der Waals surface area contributed by atoms with Crippen LogP contribution in [0.5, 0.6) is 0 Å². The molecule has 5 heterocycles. The quantitative estimate of drug-likeness (QED) is 0.155. The fourth-order valence-electron chi connectivity index (χ4n) is 9.45. The number of carboxylic acid groups (broad SMARTS) is 1. The number of piperazine rings is 3. The maximum atomic E-state index is 13.7. The monoisotopic (exact) mass is 691 g/mol. The molecule has 12 heteroatoms. The van der Waals surface area contributed by atoms with Gasteiger partial charge in [0, 0.05) is 22.6 Å². The van der Waals surface area contributed by atoms with Gasteiger partial charge in [-0.3, -0.25) is 19.2 Å². The normalized spacial score (nSPS) is 27.8. The predicted octanol–water partition coefficient (Wildman–Crippen LogP) is 2.45. The summed E-state index contributed by atoms with van der Waals surface area (Å²) in [6, 6.07) is 17.8. The number of ketones is 1. The molecular formula is C39H41N5O7+2. The number of para-hydroxylation sites is 1. The highest BCUT2D eigenvalue weighted by Gasteiger charge is 2.60. The maximum Gasteiger partial charge on any atom is 0.352 e. The number of aliphatic hydroxyl groups is 1. The van der Waals surface area contributed by atoms with E-state index in [1.807, 2.05) is 25.1 Å². The van der Waals surface area contributed by atoms with E-state index in [9.17, 15) is 34.2 Å². The van der Waals surface area contributed by atoms with Crippen molar-refractivity contribution in [3.05, 3.63) is 94.2 Å². The number of fused-ring (bicyclic) bond motifs is 7. The first-order valence-corrected chi connectivity index (χ1v) is 17.5. The van der Waals surface area contributed by atoms with Crippen LogP contribution in [0.3, 0.4) is 0 Å². The van der Waals surface area contributed by atoms with Crippen LogP contribution >= 0.6 is 0 Å². The molecule has 51 heavy (non-hydrogen) atoms. The summed E-state index contributed by atoms with van der Waals surface area (Å²) in [5.41, 5.74) is 11.2. The van der Waals surface area contributed by atoms with Crippen molar-refractivity contribution in [1.29, 1.82) is 0 Å². The number of nitrogens with one attached hydrogen (secondary N) is 1. The first-order chi connectivity index (χ1) is 24.3. The SMILES string of the molecule is C[C@@H](O)[C@H]1C(=O)N2C(C(=O)O)=C(c3ccc4c(c3)-c3ccc(C[N+]56CC[N+](CC(=O)Nc7ccccc7C(N)=O)(CC5)CC6)cc3C4=O)[C@H](C)[C@H]12. The van der Waals surface area contributed by atoms with Gasteiger partial charge in [-0.05, 0) is 59.5 Å². The Morgan fingerprint density at radius 2 is 1.57 bits per heavy atom. The summed E-state index contributed by atoms with van der Waals surface area (Å²) in [6.07, 6.45) is -0.887. The number of nitrogens with zero attached hydrogens (tertiary/aromatic N) is 3. The van der Waals surface area contributed by atoms with Crippen LogP contribution < -0.4 is 11.1 Å². The van der Waals surface area contributed by atoms with E-state index in [0.29, 0.717) is 39.0 Å². The zero-order chi connectivity index (χ0) is 36.0. The van der Waals surface area contributed by atoms with Crippen molar-refractivity contribution in [1.82, 2.24) is 4.90 Å². The molecular weight excluding hydrogens is 650 g/mol. The minimum Gasteiger partial charge on any atom is -0.477 e. The van der Waals surface area contributed by atoms with Gasteiger partial charge in [-0.2, -0.15) is 0 Å². The number of hydrogen-bond donors (Lipinski definition) is 4. The largest absolute Gasteiger partial charge is 0.477 e. The number of amides is 3. The van der Waals surface area contributed by atoms with Gasteiger partial charge in [0.25, 0.3) is 11.8 Å². The zero-order valence-electron chi connectivity index (χ0n) is 28.6. The second-order valence-electron chi connectivity index (χ2n) is 15.1. The zero-order valence-corrected chi connectivity index (χ0v) is 28.6. The fourth-order valence-corrected chi connectivity index (χ4v) is 9.45. The Morgan fingerprint density at radius 1 is 0.902 bits per heavy atom. The van der Waals surface area contributed by atoms with E-state index in [-0.39, 0.29) is 34.8 Å². The van der Waals surface area contributed by atoms with Gasteiger partial charge < -0.3 is 35.1 Å². The number of nitrogens with two attached hydrogens (primary N) is 1. The Morgan fingerprint density at radius 3 is 2.24 bits per heavy atom. The van der Waals surface area contributed by atoms with Crippen molar-refractivity contribution in [3.63, 3.8) is 0 Å². The number of anilines is 1. The van der Waals surface area contributed by atoms with Crippen molar-refractivity contribution < 1.29 is 43.2 Å². The lowest BCUT2D eigenvalue weighted by Gasteiger charge is -2.55. The Bertz CT molecular complexity index is 2080. The number of quaternary nitrogens is 2. The lowest BCUT2D eigenvalue weighted by Crippen LogP contribution is -2.75. The Kier molecular flexibility index (Phi) is 7.56. The van der Waals surface area contributed by atoms with E-state index in [1.54, 1.807) is 43.3 Å². The topological polar surface area (TPSA) is 167 Å². The van der Waals surface area contributed by atoms with Crippen LogP contribution in [0.1, 0.15) is 51.3 Å². The fraction of sp³-hybridized carbons (Fsp3) is 0.359. The minimum absolute atomic E-state index is 0.0529. The molecule has 6 aliphatic rings. The van der Waals surface area contributed by atoms with Crippen molar-refractivity contribution in [2.75, 3.05) is 51.1 Å². The number of hydrogen-bond acceptors (Lipinski definition) is 6. The molecule has 4 saturated heterocycles. The van der Waals surface area contributed by atoms with E-state index >= 15 is 0 Å². The van der Waals surface area contributed by atoms with Crippen LogP contribution in [-0.2, 0) is 20.9 Å². The first kappa shape index (κ1) is 33.0. The average molecular weight is 692 g/mol. The van der Waals surface area contributed by atoms with Crippen LogP contribution in [0, 0.1) is 11.8 Å². The number of benzene rings is 3. The summed E-state index contributed by atoms with van der Waals surface area (Å²) in [5, 5.41) is 23.3. The van der Waals surface area contributed by atoms with Crippen LogP contribution in [-0.4, -0.2) is 112 Å². The molecule has 1 aliphatic carbocycles. The molecule has 0 radical (unpaired) electrons. The molecule has 0 saturated carbocycles. The van der Waals surface area contributed by atoms with Gasteiger partial charge in [0.05, 0.1) is 29.3 Å². The van der Waals surface area contributed by atoms with Crippen LogP contribution in [0.2, 0.25) is 0 Å². The molecule has 0 spiro atoms. The molecule has 3 amide bonds. The highest BCUT2D eigenvalue weighted by atomic mass is 16.4. The van der Waals surface area contributed by atoms with E-state index in [0.717, 1.165) is 67.0 Å². The summed E-state index contributed by atoms with van der Waals surface area (Å²) in [6.45, 7) is 9.87. The van der Waals surface area contributed by atoms with Gasteiger partial charge in [-0.15, -0.1) is 0 Å². The van der Waals surface area contributed by atoms with Crippen molar-refractivity contribution >= 4 is 40.7 Å². The molecule has 0 unspecified atom stereocenters. The molecule has 12 nitrogen and oxygen atoms in total. The number of primary amides is 1. The third-order valence-corrected chi connectivity index (χ3v) is 12.2. The van der Waals surface area contributed by atoms with E-state index in [1.165, 1.54) is 4.90 Å². The molecule has 0 aromatic heterocycles.